The third-order valence-electron chi connectivity index (χ3n) is 9.46. The number of phenols is 1. The summed E-state index contributed by atoms with van der Waals surface area (Å²) in [5.74, 6) is -6.80. The summed E-state index contributed by atoms with van der Waals surface area (Å²) in [5, 5.41) is 11.2. The topological polar surface area (TPSA) is 104 Å². The molecule has 0 bridgehead atoms. The quantitative estimate of drug-likeness (QED) is 0.237. The molecule has 11 heteroatoms. The number of imide groups is 2. The number of fused-ring (bicyclic) bond motifs is 4. The molecule has 3 fully saturated rings. The lowest BCUT2D eigenvalue weighted by atomic mass is 9.56. The van der Waals surface area contributed by atoms with E-state index in [0.29, 0.717) is 11.3 Å². The van der Waals surface area contributed by atoms with Crippen LogP contribution in [0.2, 0.25) is 0 Å². The number of nitrogens with zero attached hydrogens (tertiary/aromatic N) is 2. The van der Waals surface area contributed by atoms with E-state index in [4.69, 9.17) is 27.9 Å². The van der Waals surface area contributed by atoms with Crippen molar-refractivity contribution in [1.29, 1.82) is 0 Å². The molecule has 2 aliphatic heterocycles. The first-order valence-corrected chi connectivity index (χ1v) is 14.8. The lowest BCUT2D eigenvalue weighted by molar-refractivity contribution is -0.125. The molecule has 7 rings (SSSR count). The number of carbonyl (C=O) groups excluding carboxylic acids is 4. The summed E-state index contributed by atoms with van der Waals surface area (Å²) in [4.78, 5) is 54.2. The number of phenolic OH excluding ortho intramolecular Hbond substituents is 1. The number of benzene rings is 3. The number of halogens is 3. The molecule has 8 nitrogen and oxygen atoms in total. The van der Waals surface area contributed by atoms with Crippen molar-refractivity contribution in [1.82, 2.24) is 0 Å². The Morgan fingerprint density at radius 1 is 0.841 bits per heavy atom. The highest BCUT2D eigenvalue weighted by Gasteiger charge is 2.77. The number of ether oxygens (including phenoxy) is 1. The van der Waals surface area contributed by atoms with Crippen molar-refractivity contribution >= 4 is 58.2 Å². The molecule has 4 amide bonds. The van der Waals surface area contributed by atoms with Crippen LogP contribution in [0.1, 0.15) is 24.3 Å². The molecule has 3 aromatic rings. The average molecular weight is 635 g/mol. The van der Waals surface area contributed by atoms with E-state index in [2.05, 4.69) is 0 Å². The van der Waals surface area contributed by atoms with Crippen LogP contribution in [-0.4, -0.2) is 45.6 Å². The Balaban J connectivity index is 1.44. The van der Waals surface area contributed by atoms with E-state index in [0.717, 1.165) is 21.9 Å². The van der Waals surface area contributed by atoms with Gasteiger partial charge in [-0.15, -0.1) is 23.2 Å². The molecule has 2 heterocycles. The normalized spacial score (nSPS) is 31.0. The zero-order chi connectivity index (χ0) is 31.1. The largest absolute Gasteiger partial charge is 0.508 e. The minimum absolute atomic E-state index is 0.0658. The van der Waals surface area contributed by atoms with Gasteiger partial charge in [-0.2, -0.15) is 0 Å². The number of rotatable bonds is 4. The molecule has 0 radical (unpaired) electrons. The van der Waals surface area contributed by atoms with E-state index in [1.807, 2.05) is 0 Å². The molecule has 6 unspecified atom stereocenters. The lowest BCUT2D eigenvalue weighted by Gasteiger charge is -2.50. The fraction of sp³-hybridized carbons (Fsp3) is 0.273. The second-order valence-corrected chi connectivity index (χ2v) is 12.7. The van der Waals surface area contributed by atoms with Gasteiger partial charge in [-0.3, -0.25) is 24.1 Å². The van der Waals surface area contributed by atoms with Crippen LogP contribution >= 0.6 is 23.2 Å². The molecule has 224 valence electrons. The van der Waals surface area contributed by atoms with Crippen LogP contribution in [-0.2, 0) is 19.2 Å². The predicted molar refractivity (Wildman–Crippen MR) is 160 cm³/mol. The Morgan fingerprint density at radius 3 is 2.20 bits per heavy atom. The van der Waals surface area contributed by atoms with Gasteiger partial charge in [-0.1, -0.05) is 35.9 Å². The molecule has 0 spiro atoms. The van der Waals surface area contributed by atoms with Gasteiger partial charge in [0.1, 0.15) is 17.3 Å². The third-order valence-corrected chi connectivity index (χ3v) is 10.9. The van der Waals surface area contributed by atoms with Crippen LogP contribution in [0, 0.1) is 23.6 Å². The van der Waals surface area contributed by atoms with Crippen molar-refractivity contribution in [3.05, 3.63) is 95.8 Å². The molecule has 0 aromatic heterocycles. The lowest BCUT2D eigenvalue weighted by Crippen LogP contribution is -2.60. The molecular weight excluding hydrogens is 610 g/mol. The monoisotopic (exact) mass is 634 g/mol. The Morgan fingerprint density at radius 2 is 1.52 bits per heavy atom. The van der Waals surface area contributed by atoms with Gasteiger partial charge in [-0.05, 0) is 67.3 Å². The van der Waals surface area contributed by atoms with Gasteiger partial charge >= 0.3 is 0 Å². The number of hydrogen-bond donors (Lipinski definition) is 1. The smallest absolute Gasteiger partial charge is 0.258 e. The second-order valence-electron chi connectivity index (χ2n) is 11.5. The van der Waals surface area contributed by atoms with Gasteiger partial charge in [0.15, 0.2) is 9.75 Å². The molecule has 3 aromatic carbocycles. The van der Waals surface area contributed by atoms with Crippen molar-refractivity contribution < 1.29 is 33.4 Å². The molecule has 4 aliphatic rings. The highest BCUT2D eigenvalue weighted by molar-refractivity contribution is 6.58. The fourth-order valence-corrected chi connectivity index (χ4v) is 8.47. The highest BCUT2D eigenvalue weighted by atomic mass is 35.5. The van der Waals surface area contributed by atoms with Crippen molar-refractivity contribution in [3.8, 4) is 11.5 Å². The van der Waals surface area contributed by atoms with Gasteiger partial charge in [0.25, 0.3) is 11.8 Å². The van der Waals surface area contributed by atoms with Crippen LogP contribution in [0.15, 0.2) is 84.4 Å². The maximum absolute atomic E-state index is 14.4. The van der Waals surface area contributed by atoms with Crippen molar-refractivity contribution in [2.24, 2.45) is 17.8 Å². The summed E-state index contributed by atoms with van der Waals surface area (Å²) in [6, 6.07) is 17.9. The molecule has 2 saturated heterocycles. The minimum Gasteiger partial charge on any atom is -0.508 e. The number of anilines is 2. The summed E-state index contributed by atoms with van der Waals surface area (Å²) in [5.41, 5.74) is 1.13. The predicted octanol–water partition coefficient (Wildman–Crippen LogP) is 5.31. The van der Waals surface area contributed by atoms with E-state index < -0.39 is 57.0 Å². The zero-order valence-electron chi connectivity index (χ0n) is 23.2. The Kier molecular flexibility index (Phi) is 6.43. The van der Waals surface area contributed by atoms with Crippen LogP contribution in [0.5, 0.6) is 11.5 Å². The maximum atomic E-state index is 14.4. The van der Waals surface area contributed by atoms with Crippen molar-refractivity contribution in [2.45, 2.75) is 28.5 Å². The average Bonchev–Trinajstić information content (AvgIpc) is 3.36. The minimum atomic E-state index is -2.19. The summed E-state index contributed by atoms with van der Waals surface area (Å²) < 4.78 is 19.4. The van der Waals surface area contributed by atoms with Gasteiger partial charge in [0, 0.05) is 11.5 Å². The van der Waals surface area contributed by atoms with Crippen LogP contribution in [0.4, 0.5) is 15.8 Å². The highest BCUT2D eigenvalue weighted by Crippen LogP contribution is 2.67. The first-order chi connectivity index (χ1) is 21.0. The third kappa shape index (κ3) is 3.62. The summed E-state index contributed by atoms with van der Waals surface area (Å²) in [7, 11) is 1.39. The fourth-order valence-electron chi connectivity index (χ4n) is 7.55. The van der Waals surface area contributed by atoms with E-state index in [1.165, 1.54) is 25.3 Å². The summed E-state index contributed by atoms with van der Waals surface area (Å²) in [6.07, 6.45) is 1.71. The standard InChI is InChI=1S/C33H25Cl2FN2O6/c1-44-24-9-5-8-23(39)26(24)27-20-14-15-21-25(29(41)37(28(21)40)18-6-3-2-4-7-18)22(20)16-32(34)30(42)38(31(43)33(27,32)35)19-12-10-17(36)11-13-19/h2-14,21-22,25,27,39H,15-16H2,1H3. The Hall–Kier alpha value is -4.21. The maximum Gasteiger partial charge on any atom is 0.258 e. The van der Waals surface area contributed by atoms with Crippen molar-refractivity contribution in [2.75, 3.05) is 16.9 Å². The van der Waals surface area contributed by atoms with Gasteiger partial charge in [0.2, 0.25) is 11.8 Å². The summed E-state index contributed by atoms with van der Waals surface area (Å²) in [6.45, 7) is 0. The van der Waals surface area contributed by atoms with E-state index in [-0.39, 0.29) is 41.5 Å². The molecule has 2 aliphatic carbocycles. The number of para-hydroxylation sites is 1. The number of methoxy groups -OCH3 is 1. The van der Waals surface area contributed by atoms with Crippen molar-refractivity contribution in [3.63, 3.8) is 0 Å². The molecule has 1 N–H and O–H groups in total. The van der Waals surface area contributed by atoms with E-state index in [9.17, 15) is 28.7 Å². The van der Waals surface area contributed by atoms with Crippen LogP contribution < -0.4 is 14.5 Å². The summed E-state index contributed by atoms with van der Waals surface area (Å²) >= 11 is 14.7. The van der Waals surface area contributed by atoms with Gasteiger partial charge in [-0.25, -0.2) is 9.29 Å². The first kappa shape index (κ1) is 28.6. The molecule has 6 atom stereocenters. The number of aromatic hydroxyl groups is 1. The Labute approximate surface area is 261 Å². The second kappa shape index (κ2) is 9.90. The van der Waals surface area contributed by atoms with Gasteiger partial charge < -0.3 is 9.84 Å². The zero-order valence-corrected chi connectivity index (χ0v) is 24.8. The van der Waals surface area contributed by atoms with Crippen LogP contribution in [0.25, 0.3) is 0 Å². The Bertz CT molecular complexity index is 1780. The first-order valence-electron chi connectivity index (χ1n) is 14.1. The molecule has 1 saturated carbocycles. The molecule has 44 heavy (non-hydrogen) atoms. The number of carbonyl (C=O) groups is 4. The van der Waals surface area contributed by atoms with Crippen LogP contribution in [0.3, 0.4) is 0 Å². The number of allylic oxidation sites excluding steroid dienone is 2. The molecular formula is C33H25Cl2FN2O6. The number of amides is 4. The van der Waals surface area contributed by atoms with E-state index >= 15 is 0 Å². The van der Waals surface area contributed by atoms with Gasteiger partial charge in [0.05, 0.1) is 30.3 Å². The van der Waals surface area contributed by atoms with E-state index in [1.54, 1.807) is 48.5 Å². The SMILES string of the molecule is COc1cccc(O)c1C1C2=CCC3C(=O)N(c4ccccc4)C(=O)C3C2CC2(Cl)C(=O)N(c3ccc(F)cc3)C(=O)C12Cl. The number of hydrogen-bond acceptors (Lipinski definition) is 6. The number of alkyl halides is 2.